The molecule has 0 aliphatic carbocycles. The molecule has 1 atom stereocenters. The molecule has 2 heterocycles. The lowest BCUT2D eigenvalue weighted by Gasteiger charge is -2.14. The van der Waals surface area contributed by atoms with E-state index in [4.69, 9.17) is 14.2 Å². The standard InChI is InChI=1S/C24H28N4O4S/c1-16-7-4-5-9-21(16)28-23(17-11-19(30-2)13-20(12-17)31-3)26-27-24(28)33-15-22(29)25-14-18-8-6-10-32-18/h4-5,7,9,11-13,18H,6,8,10,14-15H2,1-3H3,(H,25,29). The van der Waals surface area contributed by atoms with E-state index in [9.17, 15) is 4.79 Å². The normalized spacial score (nSPS) is 15.4. The summed E-state index contributed by atoms with van der Waals surface area (Å²) in [4.78, 5) is 12.5. The Kier molecular flexibility index (Phi) is 7.51. The topological polar surface area (TPSA) is 87.5 Å². The molecule has 1 saturated heterocycles. The van der Waals surface area contributed by atoms with Crippen molar-refractivity contribution in [2.45, 2.75) is 31.0 Å². The van der Waals surface area contributed by atoms with Gasteiger partial charge < -0.3 is 19.5 Å². The van der Waals surface area contributed by atoms with Crippen LogP contribution in [0.3, 0.4) is 0 Å². The van der Waals surface area contributed by atoms with Crippen LogP contribution in [-0.4, -0.2) is 59.9 Å². The molecule has 174 valence electrons. The molecule has 0 spiro atoms. The lowest BCUT2D eigenvalue weighted by atomic mass is 10.1. The summed E-state index contributed by atoms with van der Waals surface area (Å²) in [5.41, 5.74) is 2.82. The first-order valence-corrected chi connectivity index (χ1v) is 11.8. The first-order valence-electron chi connectivity index (χ1n) is 10.8. The Morgan fingerprint density at radius 1 is 1.18 bits per heavy atom. The number of thioether (sulfide) groups is 1. The Labute approximate surface area is 197 Å². The van der Waals surface area contributed by atoms with Crippen molar-refractivity contribution in [3.05, 3.63) is 48.0 Å². The summed E-state index contributed by atoms with van der Waals surface area (Å²) in [5, 5.41) is 12.5. The van der Waals surface area contributed by atoms with Crippen LogP contribution in [0.5, 0.6) is 11.5 Å². The fourth-order valence-corrected chi connectivity index (χ4v) is 4.51. The van der Waals surface area contributed by atoms with E-state index in [-0.39, 0.29) is 17.8 Å². The number of para-hydroxylation sites is 1. The van der Waals surface area contributed by atoms with E-state index >= 15 is 0 Å². The maximum Gasteiger partial charge on any atom is 0.230 e. The van der Waals surface area contributed by atoms with Crippen LogP contribution in [0.25, 0.3) is 17.1 Å². The molecule has 33 heavy (non-hydrogen) atoms. The second-order valence-corrected chi connectivity index (χ2v) is 8.70. The molecule has 0 bridgehead atoms. The third kappa shape index (κ3) is 5.48. The number of carbonyl (C=O) groups is 1. The third-order valence-electron chi connectivity index (χ3n) is 5.48. The highest BCUT2D eigenvalue weighted by atomic mass is 32.2. The van der Waals surface area contributed by atoms with Gasteiger partial charge in [-0.15, -0.1) is 10.2 Å². The Morgan fingerprint density at radius 3 is 2.61 bits per heavy atom. The molecule has 1 aliphatic rings. The zero-order valence-corrected chi connectivity index (χ0v) is 19.9. The summed E-state index contributed by atoms with van der Waals surface area (Å²) < 4.78 is 18.4. The minimum Gasteiger partial charge on any atom is -0.497 e. The van der Waals surface area contributed by atoms with Crippen LogP contribution in [0.15, 0.2) is 47.6 Å². The molecule has 2 aromatic carbocycles. The molecule has 4 rings (SSSR count). The summed E-state index contributed by atoms with van der Waals surface area (Å²) in [6.45, 7) is 3.35. The van der Waals surface area contributed by atoms with Gasteiger partial charge >= 0.3 is 0 Å². The van der Waals surface area contributed by atoms with Crippen molar-refractivity contribution in [1.82, 2.24) is 20.1 Å². The van der Waals surface area contributed by atoms with Crippen LogP contribution >= 0.6 is 11.8 Å². The number of hydrogen-bond donors (Lipinski definition) is 1. The van der Waals surface area contributed by atoms with E-state index in [0.717, 1.165) is 36.3 Å². The summed E-state index contributed by atoms with van der Waals surface area (Å²) in [6.07, 6.45) is 2.15. The van der Waals surface area contributed by atoms with E-state index in [0.29, 0.717) is 29.0 Å². The zero-order valence-electron chi connectivity index (χ0n) is 19.0. The van der Waals surface area contributed by atoms with Crippen molar-refractivity contribution in [2.24, 2.45) is 0 Å². The molecule has 1 aliphatic heterocycles. The van der Waals surface area contributed by atoms with Gasteiger partial charge in [0, 0.05) is 24.8 Å². The van der Waals surface area contributed by atoms with Gasteiger partial charge in [-0.1, -0.05) is 30.0 Å². The van der Waals surface area contributed by atoms with E-state index < -0.39 is 0 Å². The number of rotatable bonds is 9. The van der Waals surface area contributed by atoms with E-state index in [1.54, 1.807) is 14.2 Å². The number of amides is 1. The molecule has 1 N–H and O–H groups in total. The Morgan fingerprint density at radius 2 is 1.94 bits per heavy atom. The lowest BCUT2D eigenvalue weighted by molar-refractivity contribution is -0.119. The summed E-state index contributed by atoms with van der Waals surface area (Å²) in [6, 6.07) is 13.6. The van der Waals surface area contributed by atoms with Crippen LogP contribution < -0.4 is 14.8 Å². The molecule has 1 amide bonds. The van der Waals surface area contributed by atoms with Gasteiger partial charge in [-0.2, -0.15) is 0 Å². The van der Waals surface area contributed by atoms with Crippen LogP contribution in [-0.2, 0) is 9.53 Å². The number of ether oxygens (including phenoxy) is 3. The molecule has 8 nitrogen and oxygen atoms in total. The van der Waals surface area contributed by atoms with Crippen LogP contribution in [0.1, 0.15) is 18.4 Å². The number of methoxy groups -OCH3 is 2. The second kappa shape index (κ2) is 10.7. The van der Waals surface area contributed by atoms with Gasteiger partial charge in [0.1, 0.15) is 11.5 Å². The van der Waals surface area contributed by atoms with Crippen molar-refractivity contribution < 1.29 is 19.0 Å². The smallest absolute Gasteiger partial charge is 0.230 e. The molecule has 3 aromatic rings. The van der Waals surface area contributed by atoms with Gasteiger partial charge in [-0.25, -0.2) is 0 Å². The van der Waals surface area contributed by atoms with Crippen molar-refractivity contribution in [2.75, 3.05) is 33.1 Å². The van der Waals surface area contributed by atoms with Crippen LogP contribution in [0, 0.1) is 6.92 Å². The second-order valence-electron chi connectivity index (χ2n) is 7.76. The highest BCUT2D eigenvalue weighted by Gasteiger charge is 2.21. The minimum atomic E-state index is -0.0561. The molecule has 9 heteroatoms. The first kappa shape index (κ1) is 23.1. The van der Waals surface area contributed by atoms with E-state index in [2.05, 4.69) is 15.5 Å². The van der Waals surface area contributed by atoms with Gasteiger partial charge in [0.25, 0.3) is 0 Å². The Balaban J connectivity index is 1.62. The maximum atomic E-state index is 12.5. The summed E-state index contributed by atoms with van der Waals surface area (Å²) in [7, 11) is 3.22. The van der Waals surface area contributed by atoms with Gasteiger partial charge in [0.05, 0.1) is 31.8 Å². The third-order valence-corrected chi connectivity index (χ3v) is 6.41. The fourth-order valence-electron chi connectivity index (χ4n) is 3.73. The lowest BCUT2D eigenvalue weighted by Crippen LogP contribution is -2.32. The van der Waals surface area contributed by atoms with Gasteiger partial charge in [0.2, 0.25) is 5.91 Å². The monoisotopic (exact) mass is 468 g/mol. The Hall–Kier alpha value is -3.04. The molecular formula is C24H28N4O4S. The SMILES string of the molecule is COc1cc(OC)cc(-c2nnc(SCC(=O)NCC3CCCO3)n2-c2ccccc2C)c1. The number of nitrogens with one attached hydrogen (secondary N) is 1. The number of aryl methyl sites for hydroxylation is 1. The van der Waals surface area contributed by atoms with E-state index in [1.165, 1.54) is 11.8 Å². The highest BCUT2D eigenvalue weighted by molar-refractivity contribution is 7.99. The van der Waals surface area contributed by atoms with Crippen molar-refractivity contribution in [3.63, 3.8) is 0 Å². The molecule has 0 radical (unpaired) electrons. The largest absolute Gasteiger partial charge is 0.497 e. The van der Waals surface area contributed by atoms with E-state index in [1.807, 2.05) is 54.0 Å². The summed E-state index contributed by atoms with van der Waals surface area (Å²) >= 11 is 1.35. The van der Waals surface area contributed by atoms with Gasteiger partial charge in [-0.05, 0) is 43.5 Å². The number of benzene rings is 2. The quantitative estimate of drug-likeness (QED) is 0.480. The fraction of sp³-hybridized carbons (Fsp3) is 0.375. The van der Waals surface area contributed by atoms with Gasteiger partial charge in [0.15, 0.2) is 11.0 Å². The number of aromatic nitrogens is 3. The van der Waals surface area contributed by atoms with Crippen LogP contribution in [0.2, 0.25) is 0 Å². The maximum absolute atomic E-state index is 12.5. The average Bonchev–Trinajstić information content (AvgIpc) is 3.51. The summed E-state index contributed by atoms with van der Waals surface area (Å²) in [5.74, 6) is 2.14. The zero-order chi connectivity index (χ0) is 23.2. The predicted molar refractivity (Wildman–Crippen MR) is 127 cm³/mol. The molecule has 1 unspecified atom stereocenters. The predicted octanol–water partition coefficient (Wildman–Crippen LogP) is 3.65. The molecule has 1 aromatic heterocycles. The average molecular weight is 469 g/mol. The number of hydrogen-bond acceptors (Lipinski definition) is 7. The number of carbonyl (C=O) groups excluding carboxylic acids is 1. The van der Waals surface area contributed by atoms with Gasteiger partial charge in [-0.3, -0.25) is 9.36 Å². The highest BCUT2D eigenvalue weighted by Crippen LogP contribution is 2.33. The molecule has 1 fully saturated rings. The first-order chi connectivity index (χ1) is 16.1. The van der Waals surface area contributed by atoms with Crippen molar-refractivity contribution in [1.29, 1.82) is 0 Å². The molecular weight excluding hydrogens is 440 g/mol. The number of nitrogens with zero attached hydrogens (tertiary/aromatic N) is 3. The molecule has 0 saturated carbocycles. The Bertz CT molecular complexity index is 1090. The minimum absolute atomic E-state index is 0.0561. The van der Waals surface area contributed by atoms with Crippen LogP contribution in [0.4, 0.5) is 0 Å². The van der Waals surface area contributed by atoms with Crippen molar-refractivity contribution >= 4 is 17.7 Å². The van der Waals surface area contributed by atoms with Crippen molar-refractivity contribution in [3.8, 4) is 28.6 Å².